The molecule has 0 aliphatic rings. The number of esters is 1. The van der Waals surface area contributed by atoms with Gasteiger partial charge in [-0.2, -0.15) is 0 Å². The van der Waals surface area contributed by atoms with Crippen LogP contribution in [0, 0.1) is 0 Å². The molecule has 0 bridgehead atoms. The predicted molar refractivity (Wildman–Crippen MR) is 82.2 cm³/mol. The Kier molecular flexibility index (Phi) is 3.68. The number of carbonyl (C=O) groups excluding carboxylic acids is 1. The van der Waals surface area contributed by atoms with Crippen LogP contribution in [-0.4, -0.2) is 27.2 Å². The molecule has 3 aromatic rings. The number of aromatic nitrogens is 3. The minimum absolute atomic E-state index is 0.00601. The van der Waals surface area contributed by atoms with Crippen molar-refractivity contribution in [1.82, 2.24) is 14.6 Å². The van der Waals surface area contributed by atoms with Crippen molar-refractivity contribution >= 4 is 23.2 Å². The molecule has 3 rings (SSSR count). The van der Waals surface area contributed by atoms with E-state index in [1.807, 2.05) is 12.1 Å². The molecule has 0 aliphatic carbocycles. The molecule has 0 saturated heterocycles. The van der Waals surface area contributed by atoms with Gasteiger partial charge in [0.1, 0.15) is 0 Å². The number of H-pyrrole nitrogens is 1. The van der Waals surface area contributed by atoms with Crippen molar-refractivity contribution in [3.8, 4) is 11.3 Å². The average Bonchev–Trinajstić information content (AvgIpc) is 2.93. The monoisotopic (exact) mass is 317 g/mol. The summed E-state index contributed by atoms with van der Waals surface area (Å²) >= 11 is 5.86. The lowest BCUT2D eigenvalue weighted by molar-refractivity contribution is 0.0519. The molecule has 1 aromatic carbocycles. The lowest BCUT2D eigenvalue weighted by atomic mass is 10.2. The summed E-state index contributed by atoms with van der Waals surface area (Å²) < 4.78 is 6.13. The number of rotatable bonds is 3. The SMILES string of the molecule is CCOC(=O)c1cc(=O)n2[nH]c(-c3ccc(Cl)cc3)cc2n1. The smallest absolute Gasteiger partial charge is 0.357 e. The zero-order valence-corrected chi connectivity index (χ0v) is 12.4. The van der Waals surface area contributed by atoms with Crippen LogP contribution in [0.15, 0.2) is 41.2 Å². The van der Waals surface area contributed by atoms with Crippen LogP contribution in [0.4, 0.5) is 0 Å². The Hall–Kier alpha value is -2.60. The molecule has 0 unspecified atom stereocenters. The molecule has 2 aromatic heterocycles. The van der Waals surface area contributed by atoms with E-state index in [9.17, 15) is 9.59 Å². The van der Waals surface area contributed by atoms with Gasteiger partial charge in [-0.1, -0.05) is 23.7 Å². The quantitative estimate of drug-likeness (QED) is 0.753. The highest BCUT2D eigenvalue weighted by Crippen LogP contribution is 2.20. The van der Waals surface area contributed by atoms with Crippen LogP contribution in [-0.2, 0) is 4.74 Å². The Morgan fingerprint density at radius 2 is 2.05 bits per heavy atom. The summed E-state index contributed by atoms with van der Waals surface area (Å²) in [4.78, 5) is 27.9. The summed E-state index contributed by atoms with van der Waals surface area (Å²) in [6.07, 6.45) is 0. The van der Waals surface area contributed by atoms with Gasteiger partial charge >= 0.3 is 5.97 Å². The molecule has 1 N–H and O–H groups in total. The van der Waals surface area contributed by atoms with Gasteiger partial charge in [-0.25, -0.2) is 14.3 Å². The zero-order valence-electron chi connectivity index (χ0n) is 11.7. The van der Waals surface area contributed by atoms with Crippen molar-refractivity contribution in [3.63, 3.8) is 0 Å². The van der Waals surface area contributed by atoms with E-state index in [-0.39, 0.29) is 17.9 Å². The third-order valence-corrected chi connectivity index (χ3v) is 3.34. The molecule has 6 nitrogen and oxygen atoms in total. The van der Waals surface area contributed by atoms with Gasteiger partial charge in [0.05, 0.1) is 12.3 Å². The van der Waals surface area contributed by atoms with E-state index in [4.69, 9.17) is 16.3 Å². The number of carbonyl (C=O) groups is 1. The second-order valence-electron chi connectivity index (χ2n) is 4.57. The Bertz CT molecular complexity index is 897. The van der Waals surface area contributed by atoms with Crippen molar-refractivity contribution in [2.45, 2.75) is 6.92 Å². The number of hydrogen-bond donors (Lipinski definition) is 1. The van der Waals surface area contributed by atoms with Crippen molar-refractivity contribution in [3.05, 3.63) is 57.5 Å². The summed E-state index contributed by atoms with van der Waals surface area (Å²) in [7, 11) is 0. The van der Waals surface area contributed by atoms with Crippen LogP contribution in [0.5, 0.6) is 0 Å². The normalized spacial score (nSPS) is 10.8. The molecule has 0 aliphatic heterocycles. The summed E-state index contributed by atoms with van der Waals surface area (Å²) in [5, 5.41) is 3.57. The first kappa shape index (κ1) is 14.3. The fraction of sp³-hybridized carbons (Fsp3) is 0.133. The van der Waals surface area contributed by atoms with E-state index in [1.54, 1.807) is 25.1 Å². The van der Waals surface area contributed by atoms with E-state index in [1.165, 1.54) is 4.52 Å². The van der Waals surface area contributed by atoms with Gasteiger partial charge in [0.25, 0.3) is 5.56 Å². The third kappa shape index (κ3) is 2.60. The van der Waals surface area contributed by atoms with E-state index in [0.29, 0.717) is 16.4 Å². The average molecular weight is 318 g/mol. The van der Waals surface area contributed by atoms with Crippen molar-refractivity contribution in [1.29, 1.82) is 0 Å². The molecule has 0 saturated carbocycles. The second kappa shape index (κ2) is 5.65. The largest absolute Gasteiger partial charge is 0.461 e. The highest BCUT2D eigenvalue weighted by molar-refractivity contribution is 6.30. The topological polar surface area (TPSA) is 76.5 Å². The standard InChI is InChI=1S/C15H12ClN3O3/c1-2-22-15(21)12-8-14(20)19-13(17-12)7-11(18-19)9-3-5-10(16)6-4-9/h3-8,18H,2H2,1H3. The first-order valence-corrected chi connectivity index (χ1v) is 7.02. The third-order valence-electron chi connectivity index (χ3n) is 3.09. The number of halogens is 1. The minimum atomic E-state index is -0.614. The maximum Gasteiger partial charge on any atom is 0.357 e. The molecule has 22 heavy (non-hydrogen) atoms. The molecular weight excluding hydrogens is 306 g/mol. The molecule has 0 fully saturated rings. The second-order valence-corrected chi connectivity index (χ2v) is 5.01. The van der Waals surface area contributed by atoms with Gasteiger partial charge in [0.15, 0.2) is 11.3 Å². The Morgan fingerprint density at radius 1 is 1.32 bits per heavy atom. The van der Waals surface area contributed by atoms with Gasteiger partial charge < -0.3 is 4.74 Å². The summed E-state index contributed by atoms with van der Waals surface area (Å²) in [5.41, 5.74) is 1.51. The van der Waals surface area contributed by atoms with Crippen LogP contribution >= 0.6 is 11.6 Å². The lowest BCUT2D eigenvalue weighted by Crippen LogP contribution is -2.18. The molecule has 112 valence electrons. The number of fused-ring (bicyclic) bond motifs is 1. The predicted octanol–water partition coefficient (Wildman–Crippen LogP) is 2.52. The van der Waals surface area contributed by atoms with Crippen LogP contribution in [0.25, 0.3) is 16.9 Å². The van der Waals surface area contributed by atoms with Gasteiger partial charge in [-0.3, -0.25) is 9.89 Å². The van der Waals surface area contributed by atoms with Crippen LogP contribution in [0.3, 0.4) is 0 Å². The van der Waals surface area contributed by atoms with Gasteiger partial charge in [-0.05, 0) is 24.6 Å². The van der Waals surface area contributed by atoms with Crippen LogP contribution < -0.4 is 5.56 Å². The Morgan fingerprint density at radius 3 is 2.73 bits per heavy atom. The van der Waals surface area contributed by atoms with E-state index in [0.717, 1.165) is 11.6 Å². The fourth-order valence-corrected chi connectivity index (χ4v) is 2.20. The van der Waals surface area contributed by atoms with Gasteiger partial charge in [0.2, 0.25) is 0 Å². The van der Waals surface area contributed by atoms with E-state index in [2.05, 4.69) is 10.1 Å². The first-order valence-electron chi connectivity index (χ1n) is 6.64. The number of hydrogen-bond acceptors (Lipinski definition) is 4. The fourth-order valence-electron chi connectivity index (χ4n) is 2.08. The minimum Gasteiger partial charge on any atom is -0.461 e. The summed E-state index contributed by atoms with van der Waals surface area (Å²) in [5.74, 6) is -0.614. The number of aromatic amines is 1. The maximum absolute atomic E-state index is 12.1. The number of benzene rings is 1. The lowest BCUT2D eigenvalue weighted by Gasteiger charge is -2.00. The van der Waals surface area contributed by atoms with Gasteiger partial charge in [0, 0.05) is 17.2 Å². The molecule has 0 spiro atoms. The van der Waals surface area contributed by atoms with Crippen molar-refractivity contribution < 1.29 is 9.53 Å². The Balaban J connectivity index is 2.09. The van der Waals surface area contributed by atoms with Crippen LogP contribution in [0.2, 0.25) is 5.02 Å². The molecule has 0 radical (unpaired) electrons. The maximum atomic E-state index is 12.1. The van der Waals surface area contributed by atoms with Crippen LogP contribution in [0.1, 0.15) is 17.4 Å². The summed E-state index contributed by atoms with van der Waals surface area (Å²) in [6, 6.07) is 9.99. The van der Waals surface area contributed by atoms with E-state index >= 15 is 0 Å². The molecule has 2 heterocycles. The first-order chi connectivity index (χ1) is 10.6. The Labute approximate surface area is 130 Å². The summed E-state index contributed by atoms with van der Waals surface area (Å²) in [6.45, 7) is 1.92. The van der Waals surface area contributed by atoms with Crippen molar-refractivity contribution in [2.24, 2.45) is 0 Å². The van der Waals surface area contributed by atoms with Crippen molar-refractivity contribution in [2.75, 3.05) is 6.61 Å². The molecule has 0 amide bonds. The number of nitrogens with zero attached hydrogens (tertiary/aromatic N) is 2. The van der Waals surface area contributed by atoms with Gasteiger partial charge in [-0.15, -0.1) is 0 Å². The highest BCUT2D eigenvalue weighted by atomic mass is 35.5. The molecular formula is C15H12ClN3O3. The number of nitrogens with one attached hydrogen (secondary N) is 1. The van der Waals surface area contributed by atoms with E-state index < -0.39 is 5.97 Å². The molecule has 0 atom stereocenters. The highest BCUT2D eigenvalue weighted by Gasteiger charge is 2.13. The molecule has 7 heteroatoms. The number of ether oxygens (including phenoxy) is 1. The zero-order chi connectivity index (χ0) is 15.7.